The standard InChI is InChI=1S/C14H15N3O/c1-10-6-11(7-15)2-3-12(10)13(8-16)14-9-18-5-4-17-14/h2-3,6,8H,4-5,9,16H2,1H3. The fraction of sp³-hybridized carbons (Fsp3) is 0.286. The van der Waals surface area contributed by atoms with Gasteiger partial charge in [0.05, 0.1) is 37.1 Å². The van der Waals surface area contributed by atoms with Gasteiger partial charge in [-0.15, -0.1) is 0 Å². The summed E-state index contributed by atoms with van der Waals surface area (Å²) >= 11 is 0. The lowest BCUT2D eigenvalue weighted by atomic mass is 9.96. The van der Waals surface area contributed by atoms with Crippen molar-refractivity contribution in [2.45, 2.75) is 6.92 Å². The van der Waals surface area contributed by atoms with Crippen molar-refractivity contribution >= 4 is 11.3 Å². The second-order valence-corrected chi connectivity index (χ2v) is 4.10. The number of hydrogen-bond acceptors (Lipinski definition) is 4. The van der Waals surface area contributed by atoms with E-state index in [0.29, 0.717) is 25.3 Å². The first-order chi connectivity index (χ1) is 8.76. The summed E-state index contributed by atoms with van der Waals surface area (Å²) in [7, 11) is 0. The van der Waals surface area contributed by atoms with Gasteiger partial charge in [-0.25, -0.2) is 0 Å². The molecule has 1 heterocycles. The smallest absolute Gasteiger partial charge is 0.0991 e. The predicted octanol–water partition coefficient (Wildman–Crippen LogP) is 1.64. The van der Waals surface area contributed by atoms with Gasteiger partial charge in [-0.05, 0) is 30.2 Å². The fourth-order valence-corrected chi connectivity index (χ4v) is 2.00. The zero-order valence-corrected chi connectivity index (χ0v) is 10.3. The van der Waals surface area contributed by atoms with Crippen molar-refractivity contribution in [1.82, 2.24) is 0 Å². The molecule has 0 bridgehead atoms. The van der Waals surface area contributed by atoms with Crippen molar-refractivity contribution in [3.8, 4) is 6.07 Å². The molecule has 4 heteroatoms. The molecule has 0 fully saturated rings. The van der Waals surface area contributed by atoms with E-state index in [4.69, 9.17) is 15.7 Å². The van der Waals surface area contributed by atoms with E-state index < -0.39 is 0 Å². The van der Waals surface area contributed by atoms with Crippen LogP contribution in [0.4, 0.5) is 0 Å². The van der Waals surface area contributed by atoms with Crippen molar-refractivity contribution in [1.29, 1.82) is 5.26 Å². The number of rotatable bonds is 2. The zero-order chi connectivity index (χ0) is 13.0. The molecule has 0 amide bonds. The van der Waals surface area contributed by atoms with Gasteiger partial charge in [-0.2, -0.15) is 5.26 Å². The number of hydrogen-bond donors (Lipinski definition) is 1. The number of aliphatic imine (C=N–C) groups is 1. The molecule has 0 aromatic heterocycles. The van der Waals surface area contributed by atoms with Crippen LogP contribution in [0.25, 0.3) is 5.57 Å². The van der Waals surface area contributed by atoms with E-state index in [-0.39, 0.29) is 0 Å². The maximum absolute atomic E-state index is 8.86. The van der Waals surface area contributed by atoms with Crippen LogP contribution in [0.2, 0.25) is 0 Å². The molecule has 1 aromatic rings. The van der Waals surface area contributed by atoms with Crippen LogP contribution in [0.1, 0.15) is 16.7 Å². The number of benzene rings is 1. The first-order valence-electron chi connectivity index (χ1n) is 5.80. The van der Waals surface area contributed by atoms with Gasteiger partial charge in [0, 0.05) is 11.8 Å². The third-order valence-corrected chi connectivity index (χ3v) is 2.90. The van der Waals surface area contributed by atoms with Crippen LogP contribution >= 0.6 is 0 Å². The molecule has 0 spiro atoms. The Morgan fingerprint density at radius 1 is 1.56 bits per heavy atom. The van der Waals surface area contributed by atoms with Gasteiger partial charge in [0.15, 0.2) is 0 Å². The number of ether oxygens (including phenoxy) is 1. The molecule has 0 aliphatic carbocycles. The van der Waals surface area contributed by atoms with Crippen molar-refractivity contribution in [2.75, 3.05) is 19.8 Å². The van der Waals surface area contributed by atoms with Gasteiger partial charge in [0.1, 0.15) is 0 Å². The topological polar surface area (TPSA) is 71.4 Å². The molecule has 0 unspecified atom stereocenters. The van der Waals surface area contributed by atoms with Crippen LogP contribution in [0.3, 0.4) is 0 Å². The van der Waals surface area contributed by atoms with Crippen LogP contribution in [0, 0.1) is 18.3 Å². The Bertz CT molecular complexity index is 553. The quantitative estimate of drug-likeness (QED) is 0.855. The Labute approximate surface area is 106 Å². The average molecular weight is 241 g/mol. The maximum atomic E-state index is 8.86. The number of nitriles is 1. The van der Waals surface area contributed by atoms with E-state index in [0.717, 1.165) is 22.4 Å². The second-order valence-electron chi connectivity index (χ2n) is 4.10. The van der Waals surface area contributed by atoms with Crippen LogP contribution in [-0.2, 0) is 4.74 Å². The monoisotopic (exact) mass is 241 g/mol. The van der Waals surface area contributed by atoms with Crippen molar-refractivity contribution in [2.24, 2.45) is 10.7 Å². The third kappa shape index (κ3) is 2.41. The van der Waals surface area contributed by atoms with E-state index in [9.17, 15) is 0 Å². The van der Waals surface area contributed by atoms with E-state index in [1.54, 1.807) is 12.3 Å². The molecular weight excluding hydrogens is 226 g/mol. The maximum Gasteiger partial charge on any atom is 0.0991 e. The molecular formula is C14H15N3O. The van der Waals surface area contributed by atoms with Gasteiger partial charge >= 0.3 is 0 Å². The third-order valence-electron chi connectivity index (χ3n) is 2.90. The van der Waals surface area contributed by atoms with Gasteiger partial charge in [-0.1, -0.05) is 6.07 Å². The van der Waals surface area contributed by atoms with Crippen molar-refractivity contribution in [3.63, 3.8) is 0 Å². The minimum atomic E-state index is 0.489. The predicted molar refractivity (Wildman–Crippen MR) is 71.2 cm³/mol. The zero-order valence-electron chi connectivity index (χ0n) is 10.3. The summed E-state index contributed by atoms with van der Waals surface area (Å²) in [6, 6.07) is 7.67. The Morgan fingerprint density at radius 3 is 2.94 bits per heavy atom. The van der Waals surface area contributed by atoms with E-state index in [2.05, 4.69) is 11.1 Å². The van der Waals surface area contributed by atoms with Crippen LogP contribution < -0.4 is 5.73 Å². The highest BCUT2D eigenvalue weighted by atomic mass is 16.5. The highest BCUT2D eigenvalue weighted by molar-refractivity contribution is 6.25. The summed E-state index contributed by atoms with van der Waals surface area (Å²) in [5.74, 6) is 0. The Balaban J connectivity index is 2.40. The first kappa shape index (κ1) is 12.3. The Kier molecular flexibility index (Phi) is 3.75. The van der Waals surface area contributed by atoms with Gasteiger partial charge < -0.3 is 10.5 Å². The lowest BCUT2D eigenvalue weighted by molar-refractivity contribution is 0.172. The van der Waals surface area contributed by atoms with E-state index >= 15 is 0 Å². The molecule has 2 rings (SSSR count). The van der Waals surface area contributed by atoms with E-state index in [1.807, 2.05) is 19.1 Å². The second kappa shape index (κ2) is 5.48. The molecule has 4 nitrogen and oxygen atoms in total. The highest BCUT2D eigenvalue weighted by Crippen LogP contribution is 2.22. The summed E-state index contributed by atoms with van der Waals surface area (Å²) in [5, 5.41) is 8.86. The SMILES string of the molecule is Cc1cc(C#N)ccc1C(=CN)C1=NCCOC1. The molecule has 1 aliphatic rings. The Hall–Kier alpha value is -2.12. The van der Waals surface area contributed by atoms with E-state index in [1.165, 1.54) is 0 Å². The fourth-order valence-electron chi connectivity index (χ4n) is 2.00. The van der Waals surface area contributed by atoms with Crippen LogP contribution in [0.15, 0.2) is 29.4 Å². The summed E-state index contributed by atoms with van der Waals surface area (Å²) in [6.07, 6.45) is 1.56. The molecule has 92 valence electrons. The van der Waals surface area contributed by atoms with Crippen LogP contribution in [-0.4, -0.2) is 25.5 Å². The van der Waals surface area contributed by atoms with Gasteiger partial charge in [0.25, 0.3) is 0 Å². The largest absolute Gasteiger partial charge is 0.404 e. The molecule has 0 atom stereocenters. The summed E-state index contributed by atoms with van der Waals surface area (Å²) in [4.78, 5) is 4.44. The lowest BCUT2D eigenvalue weighted by Gasteiger charge is -2.17. The normalized spacial score (nSPS) is 16.0. The molecule has 18 heavy (non-hydrogen) atoms. The summed E-state index contributed by atoms with van der Waals surface area (Å²) < 4.78 is 5.39. The molecule has 0 saturated carbocycles. The minimum absolute atomic E-state index is 0.489. The molecule has 0 saturated heterocycles. The van der Waals surface area contributed by atoms with Crippen molar-refractivity contribution < 1.29 is 4.74 Å². The minimum Gasteiger partial charge on any atom is -0.404 e. The first-order valence-corrected chi connectivity index (χ1v) is 5.80. The molecule has 1 aliphatic heterocycles. The lowest BCUT2D eigenvalue weighted by Crippen LogP contribution is -2.20. The molecule has 2 N–H and O–H groups in total. The highest BCUT2D eigenvalue weighted by Gasteiger charge is 2.14. The van der Waals surface area contributed by atoms with Gasteiger partial charge in [-0.3, -0.25) is 4.99 Å². The average Bonchev–Trinajstić information content (AvgIpc) is 2.42. The number of nitrogens with zero attached hydrogens (tertiary/aromatic N) is 2. The Morgan fingerprint density at radius 2 is 2.39 bits per heavy atom. The molecule has 1 aromatic carbocycles. The van der Waals surface area contributed by atoms with Gasteiger partial charge in [0.2, 0.25) is 0 Å². The number of aryl methyl sites for hydroxylation is 1. The number of nitrogens with two attached hydrogens (primary N) is 1. The summed E-state index contributed by atoms with van der Waals surface area (Å²) in [5.41, 5.74) is 10.1. The molecule has 0 radical (unpaired) electrons. The summed E-state index contributed by atoms with van der Waals surface area (Å²) in [6.45, 7) is 3.78. The van der Waals surface area contributed by atoms with Crippen LogP contribution in [0.5, 0.6) is 0 Å². The van der Waals surface area contributed by atoms with Crippen molar-refractivity contribution in [3.05, 3.63) is 41.1 Å².